The summed E-state index contributed by atoms with van der Waals surface area (Å²) in [6, 6.07) is 5.29. The number of aromatic nitrogens is 2. The molecule has 7 heteroatoms. The predicted molar refractivity (Wildman–Crippen MR) is 130 cm³/mol. The van der Waals surface area contributed by atoms with Gasteiger partial charge in [0.1, 0.15) is 6.04 Å². The van der Waals surface area contributed by atoms with Crippen LogP contribution >= 0.6 is 0 Å². The highest BCUT2D eigenvalue weighted by Crippen LogP contribution is 2.30. The third kappa shape index (κ3) is 6.53. The molecule has 1 unspecified atom stereocenters. The molecule has 0 radical (unpaired) electrons. The van der Waals surface area contributed by atoms with Crippen molar-refractivity contribution in [1.29, 1.82) is 0 Å². The molecule has 1 N–H and O–H groups in total. The average molecular weight is 455 g/mol. The van der Waals surface area contributed by atoms with Crippen molar-refractivity contribution in [3.8, 4) is 0 Å². The molecule has 0 saturated carbocycles. The van der Waals surface area contributed by atoms with Gasteiger partial charge < -0.3 is 4.90 Å². The van der Waals surface area contributed by atoms with Gasteiger partial charge in [-0.05, 0) is 55.4 Å². The van der Waals surface area contributed by atoms with E-state index in [1.807, 2.05) is 57.6 Å². The third-order valence-electron chi connectivity index (χ3n) is 5.77. The Bertz CT molecular complexity index is 951. The van der Waals surface area contributed by atoms with Gasteiger partial charge in [-0.2, -0.15) is 5.10 Å². The summed E-state index contributed by atoms with van der Waals surface area (Å²) >= 11 is 0. The molecule has 0 aliphatic carbocycles. The van der Waals surface area contributed by atoms with E-state index >= 15 is 0 Å². The number of rotatable bonds is 7. The van der Waals surface area contributed by atoms with E-state index in [4.69, 9.17) is 0 Å². The van der Waals surface area contributed by atoms with E-state index in [0.717, 1.165) is 37.8 Å². The van der Waals surface area contributed by atoms with E-state index < -0.39 is 6.04 Å². The summed E-state index contributed by atoms with van der Waals surface area (Å²) in [5, 5.41) is 6.66. The SMILES string of the molecule is CC.CC.Cc1cnn(CCCCCc2cccc3c2CN(C2CCC(=O)NC2=O)C3=O)c1. The second-order valence-electron chi connectivity index (χ2n) is 7.93. The molecule has 2 aromatic rings. The van der Waals surface area contributed by atoms with Crippen molar-refractivity contribution in [2.75, 3.05) is 0 Å². The van der Waals surface area contributed by atoms with Crippen LogP contribution < -0.4 is 5.32 Å². The molecule has 1 aromatic carbocycles. The standard InChI is InChI=1S/C22H26N4O3.2C2H6/c1-15-12-23-25(13-15)11-4-2-3-6-16-7-5-8-17-18(16)14-26(22(17)29)19-9-10-20(27)24-21(19)28;2*1-2/h5,7-8,12-13,19H,2-4,6,9-11,14H2,1H3,(H,24,27,28);2*1-2H3. The maximum atomic E-state index is 12.9. The van der Waals surface area contributed by atoms with Crippen LogP contribution in [0, 0.1) is 6.92 Å². The number of carbonyl (C=O) groups excluding carboxylic acids is 3. The van der Waals surface area contributed by atoms with Crippen molar-refractivity contribution < 1.29 is 14.4 Å². The Labute approximate surface area is 197 Å². The Balaban J connectivity index is 0.000000914. The zero-order valence-electron chi connectivity index (χ0n) is 20.7. The zero-order valence-corrected chi connectivity index (χ0v) is 20.7. The Morgan fingerprint density at radius 2 is 1.82 bits per heavy atom. The first-order valence-corrected chi connectivity index (χ1v) is 12.3. The van der Waals surface area contributed by atoms with E-state index in [0.29, 0.717) is 18.5 Å². The molecule has 4 rings (SSSR count). The molecule has 180 valence electrons. The van der Waals surface area contributed by atoms with Crippen LogP contribution in [0.4, 0.5) is 0 Å². The predicted octanol–water partition coefficient (Wildman–Crippen LogP) is 4.42. The van der Waals surface area contributed by atoms with Crippen LogP contribution in [0.15, 0.2) is 30.6 Å². The summed E-state index contributed by atoms with van der Waals surface area (Å²) in [7, 11) is 0. The van der Waals surface area contributed by atoms with Gasteiger partial charge in [0.05, 0.1) is 6.20 Å². The van der Waals surface area contributed by atoms with Crippen molar-refractivity contribution >= 4 is 17.7 Å². The number of unbranched alkanes of at least 4 members (excludes halogenated alkanes) is 2. The lowest BCUT2D eigenvalue weighted by Gasteiger charge is -2.29. The minimum Gasteiger partial charge on any atom is -0.322 e. The lowest BCUT2D eigenvalue weighted by atomic mass is 9.98. The highest BCUT2D eigenvalue weighted by molar-refractivity contribution is 6.05. The molecule has 2 aliphatic rings. The number of nitrogens with one attached hydrogen (secondary N) is 1. The summed E-state index contributed by atoms with van der Waals surface area (Å²) in [5.74, 6) is -0.732. The number of fused-ring (bicyclic) bond motifs is 1. The number of piperidine rings is 1. The molecule has 3 amide bonds. The molecular formula is C26H38N4O3. The first-order valence-electron chi connectivity index (χ1n) is 12.3. The Kier molecular flexibility index (Phi) is 10.3. The number of hydrogen-bond acceptors (Lipinski definition) is 4. The maximum Gasteiger partial charge on any atom is 0.255 e. The molecule has 1 atom stereocenters. The number of carbonyl (C=O) groups is 3. The fraction of sp³-hybridized carbons (Fsp3) is 0.538. The van der Waals surface area contributed by atoms with Crippen LogP contribution in [0.25, 0.3) is 0 Å². The number of benzene rings is 1. The van der Waals surface area contributed by atoms with E-state index in [2.05, 4.69) is 22.7 Å². The minimum absolute atomic E-state index is 0.106. The lowest BCUT2D eigenvalue weighted by Crippen LogP contribution is -2.52. The third-order valence-corrected chi connectivity index (χ3v) is 5.77. The molecule has 0 spiro atoms. The van der Waals surface area contributed by atoms with Crippen LogP contribution in [-0.2, 0) is 29.1 Å². The normalized spacial score (nSPS) is 16.9. The van der Waals surface area contributed by atoms with E-state index in [-0.39, 0.29) is 24.1 Å². The van der Waals surface area contributed by atoms with Gasteiger partial charge in [-0.25, -0.2) is 0 Å². The summed E-state index contributed by atoms with van der Waals surface area (Å²) in [6.07, 6.45) is 8.72. The Morgan fingerprint density at radius 1 is 1.06 bits per heavy atom. The molecule has 1 saturated heterocycles. The van der Waals surface area contributed by atoms with Crippen LogP contribution in [-0.4, -0.2) is 38.4 Å². The lowest BCUT2D eigenvalue weighted by molar-refractivity contribution is -0.136. The van der Waals surface area contributed by atoms with E-state index in [9.17, 15) is 14.4 Å². The summed E-state index contributed by atoms with van der Waals surface area (Å²) in [5.41, 5.74) is 4.08. The molecule has 2 aliphatic heterocycles. The van der Waals surface area contributed by atoms with Gasteiger partial charge in [0.15, 0.2) is 0 Å². The molecular weight excluding hydrogens is 416 g/mol. The number of imide groups is 1. The van der Waals surface area contributed by atoms with Crippen molar-refractivity contribution in [1.82, 2.24) is 20.0 Å². The topological polar surface area (TPSA) is 84.3 Å². The van der Waals surface area contributed by atoms with Crippen molar-refractivity contribution in [2.45, 2.75) is 92.3 Å². The maximum absolute atomic E-state index is 12.9. The van der Waals surface area contributed by atoms with Gasteiger partial charge in [-0.15, -0.1) is 0 Å². The van der Waals surface area contributed by atoms with Gasteiger partial charge in [0.25, 0.3) is 5.91 Å². The van der Waals surface area contributed by atoms with Crippen molar-refractivity contribution in [2.24, 2.45) is 0 Å². The Hall–Kier alpha value is -2.96. The minimum atomic E-state index is -0.557. The van der Waals surface area contributed by atoms with Gasteiger partial charge in [-0.1, -0.05) is 46.2 Å². The number of amides is 3. The summed E-state index contributed by atoms with van der Waals surface area (Å²) < 4.78 is 1.98. The van der Waals surface area contributed by atoms with Crippen molar-refractivity contribution in [3.63, 3.8) is 0 Å². The van der Waals surface area contributed by atoms with E-state index in [1.54, 1.807) is 4.90 Å². The molecule has 1 fully saturated rings. The number of hydrogen-bond donors (Lipinski definition) is 1. The number of aryl methyl sites for hydroxylation is 3. The molecule has 0 bridgehead atoms. The van der Waals surface area contributed by atoms with Crippen LogP contribution in [0.5, 0.6) is 0 Å². The smallest absolute Gasteiger partial charge is 0.255 e. The summed E-state index contributed by atoms with van der Waals surface area (Å²) in [6.45, 7) is 11.4. The van der Waals surface area contributed by atoms with E-state index in [1.165, 1.54) is 11.1 Å². The second-order valence-corrected chi connectivity index (χ2v) is 7.93. The molecule has 3 heterocycles. The van der Waals surface area contributed by atoms with Crippen LogP contribution in [0.3, 0.4) is 0 Å². The van der Waals surface area contributed by atoms with Gasteiger partial charge >= 0.3 is 0 Å². The molecule has 7 nitrogen and oxygen atoms in total. The van der Waals surface area contributed by atoms with Gasteiger partial charge in [-0.3, -0.25) is 24.4 Å². The fourth-order valence-electron chi connectivity index (χ4n) is 4.24. The van der Waals surface area contributed by atoms with Crippen LogP contribution in [0.1, 0.15) is 86.8 Å². The highest BCUT2D eigenvalue weighted by atomic mass is 16.2. The first kappa shape index (κ1) is 26.3. The monoisotopic (exact) mass is 454 g/mol. The highest BCUT2D eigenvalue weighted by Gasteiger charge is 2.39. The fourth-order valence-corrected chi connectivity index (χ4v) is 4.24. The van der Waals surface area contributed by atoms with Gasteiger partial charge in [0, 0.05) is 31.3 Å². The summed E-state index contributed by atoms with van der Waals surface area (Å²) in [4.78, 5) is 38.1. The average Bonchev–Trinajstić information content (AvgIpc) is 3.40. The first-order chi connectivity index (χ1) is 16.0. The zero-order chi connectivity index (χ0) is 24.4. The largest absolute Gasteiger partial charge is 0.322 e. The van der Waals surface area contributed by atoms with Crippen LogP contribution in [0.2, 0.25) is 0 Å². The Morgan fingerprint density at radius 3 is 2.48 bits per heavy atom. The molecule has 1 aromatic heterocycles. The second kappa shape index (κ2) is 12.9. The number of nitrogens with zero attached hydrogens (tertiary/aromatic N) is 3. The molecule has 33 heavy (non-hydrogen) atoms. The van der Waals surface area contributed by atoms with Crippen molar-refractivity contribution in [3.05, 3.63) is 52.8 Å². The quantitative estimate of drug-likeness (QED) is 0.496. The van der Waals surface area contributed by atoms with Gasteiger partial charge in [0.2, 0.25) is 11.8 Å².